The van der Waals surface area contributed by atoms with Gasteiger partial charge in [-0.1, -0.05) is 38.4 Å². The molecule has 8 nitrogen and oxygen atoms in total. The van der Waals surface area contributed by atoms with Crippen LogP contribution in [0.4, 0.5) is 5.82 Å². The Morgan fingerprint density at radius 2 is 1.82 bits per heavy atom. The standard InChI is InChI=1S/C25H33ClN4O4/c1-24(2,3)20-17-21(30(28-20)19-7-4-6-18(26)16-19)27-22(31)8-5-9-23(32)29-12-10-25(11-13-29)33-14-15-34-25/h4,6-7,16-17H,5,8-15H2,1-3H3,(H,27,31). The number of halogens is 1. The fourth-order valence-electron chi connectivity index (χ4n) is 4.29. The molecule has 0 saturated carbocycles. The van der Waals surface area contributed by atoms with Crippen molar-refractivity contribution in [3.05, 3.63) is 41.0 Å². The van der Waals surface area contributed by atoms with Gasteiger partial charge in [0.25, 0.3) is 0 Å². The highest BCUT2D eigenvalue weighted by molar-refractivity contribution is 6.30. The first-order chi connectivity index (χ1) is 16.2. The largest absolute Gasteiger partial charge is 0.347 e. The summed E-state index contributed by atoms with van der Waals surface area (Å²) in [7, 11) is 0. The Hall–Kier alpha value is -2.42. The van der Waals surface area contributed by atoms with Crippen molar-refractivity contribution in [2.24, 2.45) is 0 Å². The van der Waals surface area contributed by atoms with Gasteiger partial charge in [0.05, 0.1) is 24.6 Å². The van der Waals surface area contributed by atoms with E-state index < -0.39 is 5.79 Å². The summed E-state index contributed by atoms with van der Waals surface area (Å²) in [5, 5.41) is 8.27. The molecule has 3 heterocycles. The van der Waals surface area contributed by atoms with Gasteiger partial charge in [0.15, 0.2) is 5.79 Å². The first kappa shape index (κ1) is 24.7. The van der Waals surface area contributed by atoms with Gasteiger partial charge in [0.2, 0.25) is 11.8 Å². The molecule has 1 aromatic carbocycles. The van der Waals surface area contributed by atoms with Crippen LogP contribution in [0.15, 0.2) is 30.3 Å². The minimum atomic E-state index is -0.492. The van der Waals surface area contributed by atoms with E-state index in [1.807, 2.05) is 23.1 Å². The Morgan fingerprint density at radius 1 is 1.12 bits per heavy atom. The minimum absolute atomic E-state index is 0.0691. The van der Waals surface area contributed by atoms with E-state index >= 15 is 0 Å². The van der Waals surface area contributed by atoms with Crippen LogP contribution in [0.2, 0.25) is 5.02 Å². The number of nitrogens with zero attached hydrogens (tertiary/aromatic N) is 3. The highest BCUT2D eigenvalue weighted by Gasteiger charge is 2.40. The summed E-state index contributed by atoms with van der Waals surface area (Å²) >= 11 is 6.17. The Labute approximate surface area is 205 Å². The molecule has 1 spiro atoms. The van der Waals surface area contributed by atoms with Crippen LogP contribution in [-0.4, -0.2) is 58.6 Å². The van der Waals surface area contributed by atoms with Crippen LogP contribution in [0.5, 0.6) is 0 Å². The van der Waals surface area contributed by atoms with Gasteiger partial charge in [0.1, 0.15) is 5.82 Å². The number of amides is 2. The monoisotopic (exact) mass is 488 g/mol. The molecule has 2 aliphatic heterocycles. The molecule has 2 amide bonds. The summed E-state index contributed by atoms with van der Waals surface area (Å²) in [6, 6.07) is 9.23. The summed E-state index contributed by atoms with van der Waals surface area (Å²) < 4.78 is 13.1. The van der Waals surface area contributed by atoms with Crippen molar-refractivity contribution in [1.29, 1.82) is 0 Å². The lowest BCUT2D eigenvalue weighted by Crippen LogP contribution is -2.47. The maximum absolute atomic E-state index is 12.7. The molecule has 2 aliphatic rings. The summed E-state index contributed by atoms with van der Waals surface area (Å²) in [6.07, 6.45) is 2.46. The van der Waals surface area contributed by atoms with E-state index in [0.717, 1.165) is 11.4 Å². The second kappa shape index (κ2) is 10.1. The van der Waals surface area contributed by atoms with Crippen LogP contribution in [0.3, 0.4) is 0 Å². The molecule has 0 atom stereocenters. The molecule has 0 unspecified atom stereocenters. The van der Waals surface area contributed by atoms with Crippen molar-refractivity contribution >= 4 is 29.2 Å². The molecular weight excluding hydrogens is 456 g/mol. The number of nitrogens with one attached hydrogen (secondary N) is 1. The molecule has 1 N–H and O–H groups in total. The van der Waals surface area contributed by atoms with Crippen molar-refractivity contribution in [2.45, 2.75) is 64.1 Å². The number of hydrogen-bond acceptors (Lipinski definition) is 5. The molecule has 9 heteroatoms. The number of aromatic nitrogens is 2. The zero-order valence-electron chi connectivity index (χ0n) is 20.1. The molecule has 34 heavy (non-hydrogen) atoms. The van der Waals surface area contributed by atoms with Gasteiger partial charge in [-0.2, -0.15) is 5.10 Å². The lowest BCUT2D eigenvalue weighted by atomic mass is 9.92. The molecule has 1 aromatic heterocycles. The first-order valence-electron chi connectivity index (χ1n) is 11.9. The van der Waals surface area contributed by atoms with Crippen molar-refractivity contribution < 1.29 is 19.1 Å². The fraction of sp³-hybridized carbons (Fsp3) is 0.560. The van der Waals surface area contributed by atoms with Gasteiger partial charge in [-0.25, -0.2) is 4.68 Å². The van der Waals surface area contributed by atoms with Crippen molar-refractivity contribution in [1.82, 2.24) is 14.7 Å². The summed E-state index contributed by atoms with van der Waals surface area (Å²) in [4.78, 5) is 27.2. The molecule has 2 saturated heterocycles. The predicted octanol–water partition coefficient (Wildman–Crippen LogP) is 4.30. The normalized spacial score (nSPS) is 17.8. The smallest absolute Gasteiger partial charge is 0.225 e. The third-order valence-electron chi connectivity index (χ3n) is 6.28. The van der Waals surface area contributed by atoms with Crippen LogP contribution < -0.4 is 5.32 Å². The lowest BCUT2D eigenvalue weighted by Gasteiger charge is -2.37. The first-order valence-corrected chi connectivity index (χ1v) is 12.3. The third-order valence-corrected chi connectivity index (χ3v) is 6.52. The van der Waals surface area contributed by atoms with Gasteiger partial charge >= 0.3 is 0 Å². The average molecular weight is 489 g/mol. The van der Waals surface area contributed by atoms with Crippen LogP contribution in [-0.2, 0) is 24.5 Å². The van der Waals surface area contributed by atoms with E-state index in [9.17, 15) is 9.59 Å². The number of benzene rings is 1. The number of carbonyl (C=O) groups excluding carboxylic acids is 2. The maximum Gasteiger partial charge on any atom is 0.225 e. The van der Waals surface area contributed by atoms with E-state index in [-0.39, 0.29) is 23.7 Å². The minimum Gasteiger partial charge on any atom is -0.347 e. The van der Waals surface area contributed by atoms with Gasteiger partial charge in [-0.15, -0.1) is 0 Å². The van der Waals surface area contributed by atoms with E-state index in [1.54, 1.807) is 16.8 Å². The quantitative estimate of drug-likeness (QED) is 0.655. The second-order valence-electron chi connectivity index (χ2n) is 9.95. The SMILES string of the molecule is CC(C)(C)c1cc(NC(=O)CCCC(=O)N2CCC3(CC2)OCCO3)n(-c2cccc(Cl)c2)n1. The Kier molecular flexibility index (Phi) is 7.31. The molecule has 0 aliphatic carbocycles. The number of ether oxygens (including phenoxy) is 2. The zero-order valence-corrected chi connectivity index (χ0v) is 20.9. The highest BCUT2D eigenvalue weighted by atomic mass is 35.5. The topological polar surface area (TPSA) is 85.7 Å². The number of rotatable bonds is 6. The van der Waals surface area contributed by atoms with E-state index in [2.05, 4.69) is 26.1 Å². The Balaban J connectivity index is 1.32. The van der Waals surface area contributed by atoms with Crippen LogP contribution in [0.25, 0.3) is 5.69 Å². The van der Waals surface area contributed by atoms with Gasteiger partial charge < -0.3 is 19.7 Å². The highest BCUT2D eigenvalue weighted by Crippen LogP contribution is 2.31. The zero-order chi connectivity index (χ0) is 24.3. The molecule has 184 valence electrons. The van der Waals surface area contributed by atoms with Crippen molar-refractivity contribution in [3.63, 3.8) is 0 Å². The molecule has 0 bridgehead atoms. The van der Waals surface area contributed by atoms with E-state index in [4.69, 9.17) is 26.2 Å². The molecule has 4 rings (SSSR count). The fourth-order valence-corrected chi connectivity index (χ4v) is 4.47. The summed E-state index contributed by atoms with van der Waals surface area (Å²) in [5.41, 5.74) is 1.44. The number of likely N-dealkylation sites (tertiary alicyclic amines) is 1. The maximum atomic E-state index is 12.7. The molecular formula is C25H33ClN4O4. The number of anilines is 1. The molecule has 2 fully saturated rings. The van der Waals surface area contributed by atoms with E-state index in [1.165, 1.54) is 0 Å². The Bertz CT molecular complexity index is 1030. The van der Waals surface area contributed by atoms with Crippen LogP contribution in [0, 0.1) is 0 Å². The number of carbonyl (C=O) groups is 2. The third kappa shape index (κ3) is 5.79. The second-order valence-corrected chi connectivity index (χ2v) is 10.4. The van der Waals surface area contributed by atoms with E-state index in [0.29, 0.717) is 62.8 Å². The molecule has 0 radical (unpaired) electrons. The van der Waals surface area contributed by atoms with Crippen molar-refractivity contribution in [2.75, 3.05) is 31.6 Å². The number of hydrogen-bond donors (Lipinski definition) is 1. The van der Waals surface area contributed by atoms with Crippen LogP contribution in [0.1, 0.15) is 58.6 Å². The Morgan fingerprint density at radius 3 is 2.47 bits per heavy atom. The van der Waals surface area contributed by atoms with Crippen LogP contribution >= 0.6 is 11.6 Å². The van der Waals surface area contributed by atoms with Crippen molar-refractivity contribution in [3.8, 4) is 5.69 Å². The average Bonchev–Trinajstić information content (AvgIpc) is 3.41. The number of piperidine rings is 1. The lowest BCUT2D eigenvalue weighted by molar-refractivity contribution is -0.187. The van der Waals surface area contributed by atoms with Gasteiger partial charge in [0, 0.05) is 55.3 Å². The predicted molar refractivity (Wildman–Crippen MR) is 130 cm³/mol. The van der Waals surface area contributed by atoms with Gasteiger partial charge in [-0.3, -0.25) is 9.59 Å². The van der Waals surface area contributed by atoms with Gasteiger partial charge in [-0.05, 0) is 24.6 Å². The summed E-state index contributed by atoms with van der Waals surface area (Å²) in [6.45, 7) is 8.71. The summed E-state index contributed by atoms with van der Waals surface area (Å²) in [5.74, 6) is 0.0111. The molecule has 2 aromatic rings.